The molecule has 6 nitrogen and oxygen atoms in total. The first-order valence-corrected chi connectivity index (χ1v) is 7.93. The first kappa shape index (κ1) is 16.9. The summed E-state index contributed by atoms with van der Waals surface area (Å²) in [6.07, 6.45) is 0. The highest BCUT2D eigenvalue weighted by Gasteiger charge is 2.21. The van der Waals surface area contributed by atoms with E-state index in [-0.39, 0.29) is 12.5 Å². The van der Waals surface area contributed by atoms with E-state index in [4.69, 9.17) is 9.26 Å². The molecular weight excluding hydrogens is 318 g/mol. The summed E-state index contributed by atoms with van der Waals surface area (Å²) in [5.74, 6) is 0.556. The third-order valence-electron chi connectivity index (χ3n) is 3.77. The lowest BCUT2D eigenvalue weighted by atomic mass is 10.1. The Morgan fingerprint density at radius 3 is 2.72 bits per heavy atom. The molecule has 0 aliphatic rings. The molecule has 0 aliphatic carbocycles. The van der Waals surface area contributed by atoms with Gasteiger partial charge in [0.1, 0.15) is 6.04 Å². The Bertz CT molecular complexity index is 846. The third-order valence-corrected chi connectivity index (χ3v) is 3.77. The van der Waals surface area contributed by atoms with E-state index in [0.29, 0.717) is 11.7 Å². The number of aromatic nitrogens is 2. The van der Waals surface area contributed by atoms with E-state index >= 15 is 0 Å². The summed E-state index contributed by atoms with van der Waals surface area (Å²) in [6, 6.07) is 16.6. The maximum Gasteiger partial charge on any atom is 0.327 e. The van der Waals surface area contributed by atoms with Gasteiger partial charge in [-0.2, -0.15) is 4.98 Å². The van der Waals surface area contributed by atoms with Gasteiger partial charge in [0, 0.05) is 5.56 Å². The van der Waals surface area contributed by atoms with Gasteiger partial charge >= 0.3 is 5.97 Å². The van der Waals surface area contributed by atoms with Gasteiger partial charge in [0.05, 0.1) is 13.7 Å². The number of nitrogens with zero attached hydrogens (tertiary/aromatic N) is 2. The van der Waals surface area contributed by atoms with Crippen LogP contribution in [0.25, 0.3) is 11.4 Å². The summed E-state index contributed by atoms with van der Waals surface area (Å²) >= 11 is 0. The topological polar surface area (TPSA) is 77.2 Å². The number of carbonyl (C=O) groups is 1. The normalized spacial score (nSPS) is 11.9. The fraction of sp³-hybridized carbons (Fsp3) is 0.211. The molecule has 1 N–H and O–H groups in total. The van der Waals surface area contributed by atoms with Crippen LogP contribution in [0.4, 0.5) is 0 Å². The van der Waals surface area contributed by atoms with E-state index in [1.54, 1.807) is 0 Å². The van der Waals surface area contributed by atoms with Gasteiger partial charge in [0.25, 0.3) is 0 Å². The fourth-order valence-corrected chi connectivity index (χ4v) is 2.52. The highest BCUT2D eigenvalue weighted by atomic mass is 16.5. The van der Waals surface area contributed by atoms with Gasteiger partial charge in [-0.1, -0.05) is 59.3 Å². The smallest absolute Gasteiger partial charge is 0.327 e. The van der Waals surface area contributed by atoms with E-state index < -0.39 is 6.04 Å². The number of hydrogen-bond acceptors (Lipinski definition) is 6. The van der Waals surface area contributed by atoms with Gasteiger partial charge in [-0.25, -0.2) is 4.79 Å². The molecule has 25 heavy (non-hydrogen) atoms. The number of benzene rings is 2. The summed E-state index contributed by atoms with van der Waals surface area (Å²) in [6.45, 7) is 2.26. The highest BCUT2D eigenvalue weighted by molar-refractivity contribution is 5.77. The maximum atomic E-state index is 12.0. The van der Waals surface area contributed by atoms with Gasteiger partial charge in [-0.3, -0.25) is 5.32 Å². The zero-order valence-corrected chi connectivity index (χ0v) is 14.1. The molecule has 0 bridgehead atoms. The van der Waals surface area contributed by atoms with E-state index in [9.17, 15) is 4.79 Å². The molecule has 1 aromatic heterocycles. The van der Waals surface area contributed by atoms with Crippen LogP contribution in [0.1, 0.15) is 23.1 Å². The highest BCUT2D eigenvalue weighted by Crippen LogP contribution is 2.18. The Morgan fingerprint density at radius 2 is 2.00 bits per heavy atom. The van der Waals surface area contributed by atoms with Crippen molar-refractivity contribution in [1.82, 2.24) is 15.5 Å². The second-order valence-corrected chi connectivity index (χ2v) is 5.63. The maximum absolute atomic E-state index is 12.0. The number of nitrogens with one attached hydrogen (secondary N) is 1. The van der Waals surface area contributed by atoms with Gasteiger partial charge < -0.3 is 9.26 Å². The fourth-order valence-electron chi connectivity index (χ4n) is 2.52. The largest absolute Gasteiger partial charge is 0.468 e. The summed E-state index contributed by atoms with van der Waals surface area (Å²) in [5.41, 5.74) is 2.83. The van der Waals surface area contributed by atoms with Crippen LogP contribution in [0, 0.1) is 6.92 Å². The lowest BCUT2D eigenvalue weighted by molar-refractivity contribution is -0.143. The van der Waals surface area contributed by atoms with Crippen LogP contribution in [0.3, 0.4) is 0 Å². The Morgan fingerprint density at radius 1 is 1.20 bits per heavy atom. The second-order valence-electron chi connectivity index (χ2n) is 5.63. The van der Waals surface area contributed by atoms with Crippen LogP contribution in [0.15, 0.2) is 59.1 Å². The molecule has 128 valence electrons. The van der Waals surface area contributed by atoms with Crippen molar-refractivity contribution in [3.8, 4) is 11.4 Å². The number of ether oxygens (including phenoxy) is 1. The zero-order chi connectivity index (χ0) is 17.6. The average Bonchev–Trinajstić information content (AvgIpc) is 3.11. The first-order chi connectivity index (χ1) is 12.2. The van der Waals surface area contributed by atoms with Crippen molar-refractivity contribution in [3.05, 3.63) is 71.6 Å². The SMILES string of the molecule is COC(=O)[C@H](NCc1nc(-c2cccc(C)c2)no1)c1ccccc1. The van der Waals surface area contributed by atoms with Crippen molar-refractivity contribution in [3.63, 3.8) is 0 Å². The van der Waals surface area contributed by atoms with Crippen molar-refractivity contribution in [2.24, 2.45) is 0 Å². The third kappa shape index (κ3) is 4.10. The van der Waals surface area contributed by atoms with Crippen molar-refractivity contribution in [1.29, 1.82) is 0 Å². The van der Waals surface area contributed by atoms with Crippen LogP contribution >= 0.6 is 0 Å². The van der Waals surface area contributed by atoms with E-state index in [2.05, 4.69) is 15.5 Å². The van der Waals surface area contributed by atoms with Crippen molar-refractivity contribution in [2.75, 3.05) is 7.11 Å². The molecule has 3 aromatic rings. The van der Waals surface area contributed by atoms with Crippen LogP contribution < -0.4 is 5.32 Å². The van der Waals surface area contributed by atoms with E-state index in [0.717, 1.165) is 16.7 Å². The van der Waals surface area contributed by atoms with Gasteiger partial charge in [0.2, 0.25) is 11.7 Å². The molecule has 2 aromatic carbocycles. The molecule has 0 amide bonds. The number of esters is 1. The standard InChI is InChI=1S/C19H19N3O3/c1-13-7-6-10-15(11-13)18-21-16(25-22-18)12-20-17(19(23)24-2)14-8-4-3-5-9-14/h3-11,17,20H,12H2,1-2H3/t17-/m1/s1. The lowest BCUT2D eigenvalue weighted by Gasteiger charge is -2.15. The minimum atomic E-state index is -0.597. The Balaban J connectivity index is 1.72. The first-order valence-electron chi connectivity index (χ1n) is 7.93. The number of carbonyl (C=O) groups excluding carboxylic acids is 1. The van der Waals surface area contributed by atoms with Gasteiger partial charge in [-0.05, 0) is 18.6 Å². The molecule has 6 heteroatoms. The van der Waals surface area contributed by atoms with Crippen LogP contribution in [-0.4, -0.2) is 23.2 Å². The Kier molecular flexibility index (Phi) is 5.20. The zero-order valence-electron chi connectivity index (χ0n) is 14.1. The van der Waals surface area contributed by atoms with Crippen molar-refractivity contribution >= 4 is 5.97 Å². The summed E-state index contributed by atoms with van der Waals surface area (Å²) < 4.78 is 10.2. The number of rotatable bonds is 6. The van der Waals surface area contributed by atoms with E-state index in [1.807, 2.05) is 61.5 Å². The molecule has 1 heterocycles. The summed E-state index contributed by atoms with van der Waals surface area (Å²) in [7, 11) is 1.36. The van der Waals surface area contributed by atoms with Crippen LogP contribution in [0.2, 0.25) is 0 Å². The van der Waals surface area contributed by atoms with Crippen LogP contribution in [-0.2, 0) is 16.1 Å². The molecule has 0 saturated carbocycles. The number of aryl methyl sites for hydroxylation is 1. The number of methoxy groups -OCH3 is 1. The van der Waals surface area contributed by atoms with E-state index in [1.165, 1.54) is 7.11 Å². The molecule has 1 atom stereocenters. The molecule has 0 radical (unpaired) electrons. The predicted molar refractivity (Wildman–Crippen MR) is 92.5 cm³/mol. The van der Waals surface area contributed by atoms with Crippen molar-refractivity contribution < 1.29 is 14.1 Å². The molecule has 0 unspecified atom stereocenters. The predicted octanol–water partition coefficient (Wildman–Crippen LogP) is 3.05. The van der Waals surface area contributed by atoms with Crippen molar-refractivity contribution in [2.45, 2.75) is 19.5 Å². The molecule has 0 spiro atoms. The molecule has 0 fully saturated rings. The Labute approximate surface area is 145 Å². The minimum absolute atomic E-state index is 0.257. The number of hydrogen-bond donors (Lipinski definition) is 1. The monoisotopic (exact) mass is 337 g/mol. The van der Waals surface area contributed by atoms with Crippen LogP contribution in [0.5, 0.6) is 0 Å². The molecule has 0 aliphatic heterocycles. The van der Waals surface area contributed by atoms with Gasteiger partial charge in [0.15, 0.2) is 0 Å². The average molecular weight is 337 g/mol. The molecule has 3 rings (SSSR count). The molecular formula is C19H19N3O3. The minimum Gasteiger partial charge on any atom is -0.468 e. The van der Waals surface area contributed by atoms with Gasteiger partial charge in [-0.15, -0.1) is 0 Å². The molecule has 0 saturated heterocycles. The lowest BCUT2D eigenvalue weighted by Crippen LogP contribution is -2.29. The quantitative estimate of drug-likeness (QED) is 0.697. The summed E-state index contributed by atoms with van der Waals surface area (Å²) in [5, 5.41) is 7.11. The second kappa shape index (κ2) is 7.72. The summed E-state index contributed by atoms with van der Waals surface area (Å²) in [4.78, 5) is 16.4. The Hall–Kier alpha value is -2.99.